The minimum absolute atomic E-state index is 0.0725. The second-order valence-electron chi connectivity index (χ2n) is 9.95. The van der Waals surface area contributed by atoms with Gasteiger partial charge in [-0.2, -0.15) is 9.97 Å². The lowest BCUT2D eigenvalue weighted by Gasteiger charge is -2.26. The van der Waals surface area contributed by atoms with Crippen molar-refractivity contribution in [2.24, 2.45) is 0 Å². The van der Waals surface area contributed by atoms with Crippen LogP contribution < -0.4 is 11.5 Å². The van der Waals surface area contributed by atoms with Crippen molar-refractivity contribution >= 4 is 83.1 Å². The predicted molar refractivity (Wildman–Crippen MR) is 158 cm³/mol. The molecule has 3 saturated heterocycles. The van der Waals surface area contributed by atoms with E-state index in [2.05, 4.69) is 42.2 Å². The molecule has 0 aromatic carbocycles. The Labute approximate surface area is 262 Å². The molecule has 24 heteroatoms. The van der Waals surface area contributed by atoms with Crippen LogP contribution in [-0.4, -0.2) is 92.8 Å². The van der Waals surface area contributed by atoms with Crippen LogP contribution in [-0.2, 0) is 43.9 Å². The minimum Gasteiger partial charge on any atom is -0.387 e. The summed E-state index contributed by atoms with van der Waals surface area (Å²) in [6.07, 6.45) is -3.62. The molecular formula is C20H23ClN10O9P2S2. The number of hydrogen-bond donors (Lipinski definition) is 5. The Kier molecular flexibility index (Phi) is 7.85. The van der Waals surface area contributed by atoms with Gasteiger partial charge in [0, 0.05) is 6.42 Å². The molecule has 9 atom stereocenters. The van der Waals surface area contributed by atoms with Gasteiger partial charge >= 0.3 is 13.5 Å². The number of nitrogens with two attached hydrogens (primary N) is 2. The fourth-order valence-electron chi connectivity index (χ4n) is 5.22. The Hall–Kier alpha value is -2.10. The van der Waals surface area contributed by atoms with E-state index >= 15 is 0 Å². The highest BCUT2D eigenvalue weighted by Gasteiger charge is 2.51. The van der Waals surface area contributed by atoms with Crippen molar-refractivity contribution in [3.05, 3.63) is 24.3 Å². The molecule has 3 aliphatic heterocycles. The van der Waals surface area contributed by atoms with Crippen LogP contribution in [0.25, 0.3) is 22.3 Å². The number of fused-ring (bicyclic) bond motifs is 5. The number of thiol groups is 1. The molecule has 0 saturated carbocycles. The quantitative estimate of drug-likeness (QED) is 0.111. The van der Waals surface area contributed by atoms with E-state index in [4.69, 9.17) is 62.4 Å². The molecule has 3 aliphatic rings. The van der Waals surface area contributed by atoms with Crippen molar-refractivity contribution in [1.29, 1.82) is 0 Å². The summed E-state index contributed by atoms with van der Waals surface area (Å²) in [5.41, 5.74) is 12.9. The monoisotopic (exact) mass is 708 g/mol. The SMILES string of the molecule is Nc1ncnc2c1ncn2[C@@H]1O[C@@H]2COP(O)(=S)OC3C[C@H](n4cnc5c(N)nc(Cl)nc54)O[C@@H]3COP(=O)(S)OC1C2O. The zero-order valence-corrected chi connectivity index (χ0v) is 26.3. The number of hydrogen-bond acceptors (Lipinski definition) is 17. The van der Waals surface area contributed by atoms with E-state index in [1.165, 1.54) is 23.5 Å². The van der Waals surface area contributed by atoms with Crippen molar-refractivity contribution in [2.75, 3.05) is 24.7 Å². The summed E-state index contributed by atoms with van der Waals surface area (Å²) in [6.45, 7) is -9.01. The smallest absolute Gasteiger partial charge is 0.386 e. The van der Waals surface area contributed by atoms with Crippen molar-refractivity contribution in [3.63, 3.8) is 0 Å². The van der Waals surface area contributed by atoms with E-state index in [0.717, 1.165) is 0 Å². The fraction of sp³-hybridized carbons (Fsp3) is 0.500. The number of halogens is 1. The first-order valence-electron chi connectivity index (χ1n) is 12.8. The van der Waals surface area contributed by atoms with Crippen LogP contribution in [0.15, 0.2) is 19.0 Å². The van der Waals surface area contributed by atoms with Crippen molar-refractivity contribution in [1.82, 2.24) is 39.0 Å². The number of rotatable bonds is 2. The summed E-state index contributed by atoms with van der Waals surface area (Å²) in [5.74, 6) is 0.184. The molecule has 6 N–H and O–H groups in total. The first-order chi connectivity index (χ1) is 20.9. The van der Waals surface area contributed by atoms with Crippen LogP contribution in [0.1, 0.15) is 18.9 Å². The number of anilines is 2. The molecule has 19 nitrogen and oxygen atoms in total. The average molecular weight is 709 g/mol. The van der Waals surface area contributed by atoms with Crippen molar-refractivity contribution in [3.8, 4) is 0 Å². The van der Waals surface area contributed by atoms with Gasteiger partial charge in [0.25, 0.3) is 0 Å². The van der Waals surface area contributed by atoms with E-state index in [1.54, 1.807) is 4.57 Å². The molecule has 236 valence electrons. The molecule has 2 bridgehead atoms. The normalized spacial score (nSPS) is 36.6. The highest BCUT2D eigenvalue weighted by molar-refractivity contribution is 8.44. The predicted octanol–water partition coefficient (Wildman–Crippen LogP) is 1.10. The van der Waals surface area contributed by atoms with Crippen LogP contribution in [0.3, 0.4) is 0 Å². The van der Waals surface area contributed by atoms with Crippen molar-refractivity contribution in [2.45, 2.75) is 49.4 Å². The molecule has 0 amide bonds. The number of nitrogens with zero attached hydrogens (tertiary/aromatic N) is 8. The van der Waals surface area contributed by atoms with E-state index in [0.29, 0.717) is 5.52 Å². The van der Waals surface area contributed by atoms with Gasteiger partial charge < -0.3 is 40.0 Å². The third kappa shape index (κ3) is 5.59. The molecule has 0 spiro atoms. The van der Waals surface area contributed by atoms with E-state index in [-0.39, 0.29) is 40.2 Å². The number of aliphatic hydroxyl groups is 1. The van der Waals surface area contributed by atoms with Gasteiger partial charge in [-0.3, -0.25) is 18.2 Å². The summed E-state index contributed by atoms with van der Waals surface area (Å²) in [5, 5.41) is 11.1. The van der Waals surface area contributed by atoms with Gasteiger partial charge in [-0.1, -0.05) is 12.2 Å². The lowest BCUT2D eigenvalue weighted by Crippen LogP contribution is -2.35. The van der Waals surface area contributed by atoms with Crippen molar-refractivity contribution < 1.29 is 42.1 Å². The highest BCUT2D eigenvalue weighted by atomic mass is 35.5. The topological polar surface area (TPSA) is 252 Å². The molecule has 4 aromatic heterocycles. The Morgan fingerprint density at radius 3 is 2.48 bits per heavy atom. The van der Waals surface area contributed by atoms with E-state index in [1.807, 2.05) is 0 Å². The molecular weight excluding hydrogens is 686 g/mol. The fourth-order valence-corrected chi connectivity index (χ4v) is 8.33. The zero-order valence-electron chi connectivity index (χ0n) is 22.0. The summed E-state index contributed by atoms with van der Waals surface area (Å²) in [7, 11) is 0. The molecule has 3 fully saturated rings. The number of nitrogen functional groups attached to an aromatic ring is 2. The maximum Gasteiger partial charge on any atom is 0.386 e. The van der Waals surface area contributed by atoms with Gasteiger partial charge in [0.2, 0.25) is 5.28 Å². The Morgan fingerprint density at radius 2 is 1.68 bits per heavy atom. The van der Waals surface area contributed by atoms with Gasteiger partial charge in [0.15, 0.2) is 29.2 Å². The zero-order chi connectivity index (χ0) is 31.0. The summed E-state index contributed by atoms with van der Waals surface area (Å²) in [4.78, 5) is 35.6. The molecule has 0 radical (unpaired) electrons. The maximum absolute atomic E-state index is 13.5. The Balaban J connectivity index is 1.18. The standard InChI is InChI=1S/C20H23ClN10O9P2S2/c21-20-28-16(23)12-18(29-20)30(5-26-12)10-1-7-8(37-10)2-35-42(34,44)40-14-13(32)9(3-36-41(33,43)39-7)38-19(14)31-6-27-11-15(22)24-4-25-17(11)31/h4-10,13-14,19,32H,1-3H2,(H,33,43)(H,34,44)(H2,22,24,25)(H2,23,28,29)/t7?,8-,9-,10-,13?,14?,19-,41?,42?/m1/s1. The van der Waals surface area contributed by atoms with Gasteiger partial charge in [-0.05, 0) is 23.4 Å². The number of imidazole rings is 2. The van der Waals surface area contributed by atoms with Gasteiger partial charge in [-0.25, -0.2) is 24.5 Å². The second-order valence-corrected chi connectivity index (χ2v) is 16.0. The van der Waals surface area contributed by atoms with Gasteiger partial charge in [-0.15, -0.1) is 0 Å². The summed E-state index contributed by atoms with van der Waals surface area (Å²) >= 11 is 15.4. The van der Waals surface area contributed by atoms with Crippen LogP contribution in [0, 0.1) is 0 Å². The van der Waals surface area contributed by atoms with E-state index < -0.39 is 69.7 Å². The third-order valence-electron chi connectivity index (χ3n) is 7.21. The van der Waals surface area contributed by atoms with Crippen LogP contribution in [0.5, 0.6) is 0 Å². The Bertz CT molecular complexity index is 1850. The first-order valence-corrected chi connectivity index (χ1v) is 18.4. The number of aromatic nitrogens is 8. The molecule has 5 unspecified atom stereocenters. The number of ether oxygens (including phenoxy) is 2. The summed E-state index contributed by atoms with van der Waals surface area (Å²) < 4.78 is 51.5. The van der Waals surface area contributed by atoms with Crippen LogP contribution >= 0.6 is 37.4 Å². The largest absolute Gasteiger partial charge is 0.387 e. The van der Waals surface area contributed by atoms with Crippen LogP contribution in [0.4, 0.5) is 11.6 Å². The summed E-state index contributed by atoms with van der Waals surface area (Å²) in [6, 6.07) is 0. The number of aliphatic hydroxyl groups excluding tert-OH is 1. The van der Waals surface area contributed by atoms with Gasteiger partial charge in [0.1, 0.15) is 48.0 Å². The molecule has 4 aromatic rings. The van der Waals surface area contributed by atoms with Gasteiger partial charge in [0.05, 0.1) is 32.0 Å². The van der Waals surface area contributed by atoms with E-state index in [9.17, 15) is 14.6 Å². The van der Waals surface area contributed by atoms with Crippen LogP contribution in [0.2, 0.25) is 5.28 Å². The molecule has 44 heavy (non-hydrogen) atoms. The lowest BCUT2D eigenvalue weighted by molar-refractivity contribution is -0.0583. The average Bonchev–Trinajstić information content (AvgIpc) is 3.72. The molecule has 7 rings (SSSR count). The maximum atomic E-state index is 13.5. The highest BCUT2D eigenvalue weighted by Crippen LogP contribution is 2.58. The second kappa shape index (κ2) is 11.3. The minimum atomic E-state index is -4.22. The third-order valence-corrected chi connectivity index (χ3v) is 10.6. The Morgan fingerprint density at radius 1 is 0.955 bits per heavy atom. The first kappa shape index (κ1) is 30.5. The molecule has 0 aliphatic carbocycles. The lowest BCUT2D eigenvalue weighted by atomic mass is 10.1. The molecule has 7 heterocycles.